The molecule has 1 aromatic heterocycles. The van der Waals surface area contributed by atoms with Crippen molar-refractivity contribution < 1.29 is 4.74 Å². The van der Waals surface area contributed by atoms with E-state index >= 15 is 0 Å². The van der Waals surface area contributed by atoms with Gasteiger partial charge >= 0.3 is 0 Å². The van der Waals surface area contributed by atoms with E-state index < -0.39 is 0 Å². The fourth-order valence-electron chi connectivity index (χ4n) is 0.979. The van der Waals surface area contributed by atoms with Gasteiger partial charge in [-0.2, -0.15) is 0 Å². The van der Waals surface area contributed by atoms with E-state index in [1.54, 1.807) is 11.3 Å². The lowest BCUT2D eigenvalue weighted by Crippen LogP contribution is -1.91. The molecule has 2 heterocycles. The Morgan fingerprint density at radius 2 is 2.45 bits per heavy atom. The van der Waals surface area contributed by atoms with Crippen molar-refractivity contribution in [2.75, 3.05) is 12.4 Å². The van der Waals surface area contributed by atoms with Crippen LogP contribution >= 0.6 is 39.0 Å². The summed E-state index contributed by atoms with van der Waals surface area (Å²) in [4.78, 5) is 2.75. The molecule has 1 aromatic rings. The quantitative estimate of drug-likeness (QED) is 0.700. The average Bonchev–Trinajstić information content (AvgIpc) is 2.17. The molecule has 0 atom stereocenters. The lowest BCUT2D eigenvalue weighted by molar-refractivity contribution is 0.139. The second-order valence-electron chi connectivity index (χ2n) is 2.24. The Bertz CT molecular complexity index is 235. The van der Waals surface area contributed by atoms with E-state index in [9.17, 15) is 0 Å². The number of thioether (sulfide) groups is 1. The van der Waals surface area contributed by atoms with Crippen LogP contribution in [0.1, 0.15) is 4.88 Å². The minimum Gasteiger partial charge on any atom is -0.375 e. The Hall–Kier alpha value is 0.490. The molecule has 4 heteroatoms. The normalized spacial score (nSPS) is 17.5. The molecule has 0 unspecified atom stereocenters. The van der Waals surface area contributed by atoms with Crippen molar-refractivity contribution in [3.63, 3.8) is 0 Å². The summed E-state index contributed by atoms with van der Waals surface area (Å²) >= 11 is 7.13. The molecule has 0 N–H and O–H groups in total. The Kier molecular flexibility index (Phi) is 2.56. The third-order valence-corrected chi connectivity index (χ3v) is 4.25. The summed E-state index contributed by atoms with van der Waals surface area (Å²) < 4.78 is 6.61. The van der Waals surface area contributed by atoms with Gasteiger partial charge in [-0.05, 0) is 22.0 Å². The van der Waals surface area contributed by atoms with Crippen molar-refractivity contribution in [2.45, 2.75) is 11.5 Å². The Labute approximate surface area is 82.3 Å². The van der Waals surface area contributed by atoms with E-state index in [4.69, 9.17) is 4.74 Å². The first-order valence-corrected chi connectivity index (χ1v) is 5.94. The van der Waals surface area contributed by atoms with E-state index in [-0.39, 0.29) is 0 Å². The van der Waals surface area contributed by atoms with Gasteiger partial charge in [0, 0.05) is 15.5 Å². The molecule has 11 heavy (non-hydrogen) atoms. The van der Waals surface area contributed by atoms with E-state index in [0.717, 1.165) is 19.0 Å². The number of halogens is 1. The Balaban J connectivity index is 2.32. The summed E-state index contributed by atoms with van der Waals surface area (Å²) in [7, 11) is 0. The highest BCUT2D eigenvalue weighted by molar-refractivity contribution is 9.11. The molecule has 1 nitrogen and oxygen atoms in total. The van der Waals surface area contributed by atoms with Crippen LogP contribution in [0.3, 0.4) is 0 Å². The lowest BCUT2D eigenvalue weighted by Gasteiger charge is -1.93. The molecule has 1 aliphatic rings. The topological polar surface area (TPSA) is 9.23 Å². The molecular weight excluding hydrogens is 244 g/mol. The molecule has 0 saturated heterocycles. The molecule has 1 aliphatic heterocycles. The van der Waals surface area contributed by atoms with Crippen LogP contribution in [-0.4, -0.2) is 12.4 Å². The highest BCUT2D eigenvalue weighted by Crippen LogP contribution is 2.35. The van der Waals surface area contributed by atoms with Crippen molar-refractivity contribution in [2.24, 2.45) is 0 Å². The van der Waals surface area contributed by atoms with Crippen LogP contribution < -0.4 is 0 Å². The van der Waals surface area contributed by atoms with Gasteiger partial charge in [-0.25, -0.2) is 0 Å². The van der Waals surface area contributed by atoms with Gasteiger partial charge in [0.25, 0.3) is 0 Å². The molecule has 0 amide bonds. The molecule has 0 radical (unpaired) electrons. The number of thiophene rings is 1. The van der Waals surface area contributed by atoms with Gasteiger partial charge in [0.1, 0.15) is 0 Å². The van der Waals surface area contributed by atoms with Gasteiger partial charge < -0.3 is 4.74 Å². The summed E-state index contributed by atoms with van der Waals surface area (Å²) in [5, 5.41) is 0. The zero-order valence-electron chi connectivity index (χ0n) is 5.80. The fourth-order valence-corrected chi connectivity index (χ4v) is 3.88. The van der Waals surface area contributed by atoms with Gasteiger partial charge in [0.05, 0.1) is 17.0 Å². The smallest absolute Gasteiger partial charge is 0.0821 e. The van der Waals surface area contributed by atoms with E-state index in [1.807, 2.05) is 11.8 Å². The summed E-state index contributed by atoms with van der Waals surface area (Å²) in [6.45, 7) is 1.67. The summed E-state index contributed by atoms with van der Waals surface area (Å²) in [5.41, 5.74) is 0. The first kappa shape index (κ1) is 8.10. The highest BCUT2D eigenvalue weighted by Gasteiger charge is 2.11. The van der Waals surface area contributed by atoms with Crippen LogP contribution in [0.4, 0.5) is 0 Å². The molecule has 2 rings (SSSR count). The molecule has 0 bridgehead atoms. The molecule has 0 saturated carbocycles. The molecule has 0 fully saturated rings. The van der Waals surface area contributed by atoms with Crippen LogP contribution in [0.15, 0.2) is 14.7 Å². The number of rotatable bonds is 0. The van der Waals surface area contributed by atoms with Crippen molar-refractivity contribution in [3.8, 4) is 0 Å². The second-order valence-corrected chi connectivity index (χ2v) is 5.89. The number of hydrogen-bond donors (Lipinski definition) is 0. The Morgan fingerprint density at radius 1 is 1.55 bits per heavy atom. The molecule has 0 aliphatic carbocycles. The van der Waals surface area contributed by atoms with Crippen LogP contribution in [0.25, 0.3) is 0 Å². The molecular formula is C7H7BrOS2. The maximum absolute atomic E-state index is 5.40. The molecule has 60 valence electrons. The van der Waals surface area contributed by atoms with Crippen molar-refractivity contribution in [3.05, 3.63) is 14.7 Å². The summed E-state index contributed by atoms with van der Waals surface area (Å²) in [6.07, 6.45) is 0. The Morgan fingerprint density at radius 3 is 3.36 bits per heavy atom. The first-order valence-electron chi connectivity index (χ1n) is 3.35. The second kappa shape index (κ2) is 3.47. The van der Waals surface area contributed by atoms with Crippen molar-refractivity contribution in [1.29, 1.82) is 0 Å². The van der Waals surface area contributed by atoms with E-state index in [1.165, 1.54) is 13.6 Å². The predicted octanol–water partition coefficient (Wildman–Crippen LogP) is 3.13. The third-order valence-electron chi connectivity index (χ3n) is 1.46. The monoisotopic (exact) mass is 250 g/mol. The van der Waals surface area contributed by atoms with Crippen LogP contribution in [0, 0.1) is 0 Å². The van der Waals surface area contributed by atoms with Gasteiger partial charge in [0.15, 0.2) is 0 Å². The highest BCUT2D eigenvalue weighted by atomic mass is 79.9. The largest absolute Gasteiger partial charge is 0.375 e. The van der Waals surface area contributed by atoms with Crippen LogP contribution in [0.2, 0.25) is 0 Å². The van der Waals surface area contributed by atoms with Crippen molar-refractivity contribution in [1.82, 2.24) is 0 Å². The summed E-state index contributed by atoms with van der Waals surface area (Å²) in [5.74, 6) is 1.08. The van der Waals surface area contributed by atoms with Gasteiger partial charge in [0.2, 0.25) is 0 Å². The summed E-state index contributed by atoms with van der Waals surface area (Å²) in [6, 6.07) is 2.18. The van der Waals surface area contributed by atoms with E-state index in [2.05, 4.69) is 22.0 Å². The van der Waals surface area contributed by atoms with Gasteiger partial charge in [-0.1, -0.05) is 0 Å². The number of hydrogen-bond acceptors (Lipinski definition) is 3. The lowest BCUT2D eigenvalue weighted by atomic mass is 10.5. The fraction of sp³-hybridized carbons (Fsp3) is 0.429. The minimum absolute atomic E-state index is 0.790. The van der Waals surface area contributed by atoms with E-state index in [0.29, 0.717) is 0 Å². The maximum atomic E-state index is 5.40. The van der Waals surface area contributed by atoms with Gasteiger partial charge in [-0.3, -0.25) is 0 Å². The zero-order valence-corrected chi connectivity index (χ0v) is 9.02. The molecule has 0 aromatic carbocycles. The minimum atomic E-state index is 0.790. The maximum Gasteiger partial charge on any atom is 0.0821 e. The SMILES string of the molecule is Brc1cc2c(s1)COCCS2. The average molecular weight is 251 g/mol. The van der Waals surface area contributed by atoms with Crippen LogP contribution in [0.5, 0.6) is 0 Å². The first-order chi connectivity index (χ1) is 5.36. The van der Waals surface area contributed by atoms with Gasteiger partial charge in [-0.15, -0.1) is 23.1 Å². The number of ether oxygens (including phenoxy) is 1. The van der Waals surface area contributed by atoms with Crippen LogP contribution in [-0.2, 0) is 11.3 Å². The zero-order chi connectivity index (χ0) is 7.68. The predicted molar refractivity (Wildman–Crippen MR) is 52.4 cm³/mol. The standard InChI is InChI=1S/C7H7BrOS2/c8-7-3-5-6(11-7)4-9-1-2-10-5/h3H,1-2,4H2. The third kappa shape index (κ3) is 1.80. The number of fused-ring (bicyclic) bond motifs is 1. The van der Waals surface area contributed by atoms with Crippen molar-refractivity contribution >= 4 is 39.0 Å². The molecule has 0 spiro atoms.